The molecule has 1 aliphatic heterocycles. The van der Waals surface area contributed by atoms with Crippen molar-refractivity contribution in [3.05, 3.63) is 11.9 Å². The summed E-state index contributed by atoms with van der Waals surface area (Å²) in [5, 5.41) is 10.1. The number of β-amino-alcohol motifs (C(OH)–C–C–N with tert-alkyl or cyclic N) is 1. The third-order valence-electron chi connectivity index (χ3n) is 3.28. The van der Waals surface area contributed by atoms with Crippen LogP contribution < -0.4 is 10.6 Å². The van der Waals surface area contributed by atoms with Gasteiger partial charge in [0.15, 0.2) is 0 Å². The van der Waals surface area contributed by atoms with Crippen LogP contribution in [0.1, 0.15) is 32.3 Å². The number of nitrogens with zero attached hydrogens (tertiary/aromatic N) is 3. The molecule has 1 aromatic heterocycles. The number of nitrogens with two attached hydrogens (primary N) is 1. The van der Waals surface area contributed by atoms with E-state index < -0.39 is 5.60 Å². The second-order valence-corrected chi connectivity index (χ2v) is 4.94. The molecule has 5 heteroatoms. The highest BCUT2D eigenvalue weighted by atomic mass is 16.3. The molecule has 2 rings (SSSR count). The maximum atomic E-state index is 10.1. The molecule has 17 heavy (non-hydrogen) atoms. The molecule has 2 heterocycles. The van der Waals surface area contributed by atoms with Crippen LogP contribution in [0.4, 0.5) is 11.6 Å². The number of aromatic nitrogens is 2. The third-order valence-corrected chi connectivity index (χ3v) is 3.28. The lowest BCUT2D eigenvalue weighted by Crippen LogP contribution is -2.46. The van der Waals surface area contributed by atoms with E-state index in [1.54, 1.807) is 0 Å². The first-order valence-electron chi connectivity index (χ1n) is 6.10. The highest BCUT2D eigenvalue weighted by Gasteiger charge is 2.30. The Morgan fingerprint density at radius 2 is 2.29 bits per heavy atom. The maximum Gasteiger partial charge on any atom is 0.137 e. The van der Waals surface area contributed by atoms with Crippen LogP contribution in [0.2, 0.25) is 0 Å². The summed E-state index contributed by atoms with van der Waals surface area (Å²) in [6, 6.07) is 0. The van der Waals surface area contributed by atoms with Crippen molar-refractivity contribution in [2.45, 2.75) is 38.7 Å². The molecule has 3 N–H and O–H groups in total. The van der Waals surface area contributed by atoms with Gasteiger partial charge in [-0.15, -0.1) is 0 Å². The van der Waals surface area contributed by atoms with Gasteiger partial charge >= 0.3 is 0 Å². The van der Waals surface area contributed by atoms with Gasteiger partial charge < -0.3 is 15.7 Å². The van der Waals surface area contributed by atoms with Crippen molar-refractivity contribution >= 4 is 11.6 Å². The normalized spacial score (nSPS) is 25.0. The monoisotopic (exact) mass is 236 g/mol. The van der Waals surface area contributed by atoms with Gasteiger partial charge in [-0.2, -0.15) is 0 Å². The molecular formula is C12H20N4O. The summed E-state index contributed by atoms with van der Waals surface area (Å²) in [6.45, 7) is 5.44. The summed E-state index contributed by atoms with van der Waals surface area (Å²) < 4.78 is 0. The molecule has 0 radical (unpaired) electrons. The minimum atomic E-state index is -0.636. The van der Waals surface area contributed by atoms with E-state index >= 15 is 0 Å². The first-order chi connectivity index (χ1) is 8.03. The van der Waals surface area contributed by atoms with Crippen LogP contribution in [-0.2, 0) is 6.42 Å². The van der Waals surface area contributed by atoms with Crippen molar-refractivity contribution in [3.8, 4) is 0 Å². The van der Waals surface area contributed by atoms with Gasteiger partial charge in [0, 0.05) is 18.7 Å². The van der Waals surface area contributed by atoms with E-state index in [1.165, 1.54) is 6.33 Å². The quantitative estimate of drug-likeness (QED) is 0.800. The predicted molar refractivity (Wildman–Crippen MR) is 67.9 cm³/mol. The number of hydrogen-bond acceptors (Lipinski definition) is 5. The van der Waals surface area contributed by atoms with Crippen LogP contribution in [0.25, 0.3) is 0 Å². The zero-order valence-corrected chi connectivity index (χ0v) is 10.5. The van der Waals surface area contributed by atoms with Crippen molar-refractivity contribution in [1.82, 2.24) is 9.97 Å². The Morgan fingerprint density at radius 3 is 2.94 bits per heavy atom. The highest BCUT2D eigenvalue weighted by molar-refractivity contribution is 5.57. The van der Waals surface area contributed by atoms with E-state index in [2.05, 4.69) is 14.9 Å². The van der Waals surface area contributed by atoms with Crippen LogP contribution in [-0.4, -0.2) is 33.8 Å². The Bertz CT molecular complexity index is 405. The molecule has 94 valence electrons. The summed E-state index contributed by atoms with van der Waals surface area (Å²) in [5.41, 5.74) is 6.21. The lowest BCUT2D eigenvalue weighted by Gasteiger charge is -2.38. The minimum Gasteiger partial charge on any atom is -0.388 e. The molecule has 0 saturated carbocycles. The van der Waals surface area contributed by atoms with Crippen LogP contribution in [0.15, 0.2) is 6.33 Å². The molecule has 1 atom stereocenters. The van der Waals surface area contributed by atoms with Gasteiger partial charge in [0.25, 0.3) is 0 Å². The molecular weight excluding hydrogens is 216 g/mol. The first-order valence-corrected chi connectivity index (χ1v) is 6.10. The fraction of sp³-hybridized carbons (Fsp3) is 0.667. The molecule has 1 aliphatic rings. The van der Waals surface area contributed by atoms with E-state index in [-0.39, 0.29) is 0 Å². The summed E-state index contributed by atoms with van der Waals surface area (Å²) in [6.07, 6.45) is 4.11. The maximum absolute atomic E-state index is 10.1. The Balaban J connectivity index is 2.30. The van der Waals surface area contributed by atoms with E-state index in [0.717, 1.165) is 37.2 Å². The second-order valence-electron chi connectivity index (χ2n) is 4.94. The lowest BCUT2D eigenvalue weighted by molar-refractivity contribution is 0.0446. The van der Waals surface area contributed by atoms with Crippen molar-refractivity contribution in [2.75, 3.05) is 23.7 Å². The molecule has 0 aromatic carbocycles. The standard InChI is InChI=1S/C12H20N4O/c1-3-9-10(13)14-8-15-11(9)16-6-4-5-12(2,17)7-16/h8,17H,3-7H2,1-2H3,(H2,13,14,15). The number of hydrogen-bond donors (Lipinski definition) is 2. The molecule has 0 amide bonds. The first kappa shape index (κ1) is 12.1. The van der Waals surface area contributed by atoms with E-state index in [9.17, 15) is 5.11 Å². The SMILES string of the molecule is CCc1c(N)ncnc1N1CCCC(C)(O)C1. The Morgan fingerprint density at radius 1 is 1.53 bits per heavy atom. The minimum absolute atomic E-state index is 0.544. The van der Waals surface area contributed by atoms with Crippen LogP contribution in [0.5, 0.6) is 0 Å². The molecule has 1 unspecified atom stereocenters. The Hall–Kier alpha value is -1.36. The average Bonchev–Trinajstić information content (AvgIpc) is 2.27. The summed E-state index contributed by atoms with van der Waals surface area (Å²) >= 11 is 0. The van der Waals surface area contributed by atoms with Gasteiger partial charge in [0.05, 0.1) is 5.60 Å². The molecule has 0 bridgehead atoms. The van der Waals surface area contributed by atoms with Crippen molar-refractivity contribution in [2.24, 2.45) is 0 Å². The van der Waals surface area contributed by atoms with Gasteiger partial charge in [-0.05, 0) is 26.2 Å². The largest absolute Gasteiger partial charge is 0.388 e. The number of aliphatic hydroxyl groups is 1. The molecule has 0 spiro atoms. The topological polar surface area (TPSA) is 75.3 Å². The fourth-order valence-corrected chi connectivity index (χ4v) is 2.43. The van der Waals surface area contributed by atoms with Crippen molar-refractivity contribution in [1.29, 1.82) is 0 Å². The van der Waals surface area contributed by atoms with Gasteiger partial charge in [-0.3, -0.25) is 0 Å². The lowest BCUT2D eigenvalue weighted by atomic mass is 9.95. The number of nitrogen functional groups attached to an aromatic ring is 1. The summed E-state index contributed by atoms with van der Waals surface area (Å²) in [7, 11) is 0. The van der Waals surface area contributed by atoms with E-state index in [1.807, 2.05) is 13.8 Å². The number of anilines is 2. The van der Waals surface area contributed by atoms with Crippen LogP contribution in [0, 0.1) is 0 Å². The zero-order chi connectivity index (χ0) is 12.5. The average molecular weight is 236 g/mol. The third kappa shape index (κ3) is 2.49. The van der Waals surface area contributed by atoms with Gasteiger partial charge in [0.2, 0.25) is 0 Å². The smallest absolute Gasteiger partial charge is 0.137 e. The number of rotatable bonds is 2. The zero-order valence-electron chi connectivity index (χ0n) is 10.5. The van der Waals surface area contributed by atoms with Gasteiger partial charge in [0.1, 0.15) is 18.0 Å². The van der Waals surface area contributed by atoms with Gasteiger partial charge in [-0.25, -0.2) is 9.97 Å². The van der Waals surface area contributed by atoms with Crippen molar-refractivity contribution in [3.63, 3.8) is 0 Å². The number of piperidine rings is 1. The molecule has 0 aliphatic carbocycles. The Kier molecular flexibility index (Phi) is 3.19. The highest BCUT2D eigenvalue weighted by Crippen LogP contribution is 2.28. The summed E-state index contributed by atoms with van der Waals surface area (Å²) in [5.74, 6) is 1.42. The molecule has 1 fully saturated rings. The van der Waals surface area contributed by atoms with E-state index in [0.29, 0.717) is 12.4 Å². The fourth-order valence-electron chi connectivity index (χ4n) is 2.43. The molecule has 1 aromatic rings. The summed E-state index contributed by atoms with van der Waals surface area (Å²) in [4.78, 5) is 10.5. The van der Waals surface area contributed by atoms with Gasteiger partial charge in [-0.1, -0.05) is 6.92 Å². The van der Waals surface area contributed by atoms with Crippen LogP contribution >= 0.6 is 0 Å². The van der Waals surface area contributed by atoms with E-state index in [4.69, 9.17) is 5.73 Å². The van der Waals surface area contributed by atoms with Crippen molar-refractivity contribution < 1.29 is 5.11 Å². The molecule has 1 saturated heterocycles. The molecule has 5 nitrogen and oxygen atoms in total. The second kappa shape index (κ2) is 4.49. The Labute approximate surface area is 102 Å². The predicted octanol–water partition coefficient (Wildman–Crippen LogP) is 0.972. The van der Waals surface area contributed by atoms with Crippen LogP contribution in [0.3, 0.4) is 0 Å².